The number of ether oxygens (including phenoxy) is 1. The third kappa shape index (κ3) is 3.09. The van der Waals surface area contributed by atoms with Crippen LogP contribution in [0.25, 0.3) is 0 Å². The van der Waals surface area contributed by atoms with E-state index in [1.165, 1.54) is 19.2 Å². The Morgan fingerprint density at radius 2 is 2.32 bits per heavy atom. The smallest absolute Gasteiger partial charge is 0.407 e. The molecule has 1 aliphatic rings. The lowest BCUT2D eigenvalue weighted by molar-refractivity contribution is 0.0781. The number of H-pyrrole nitrogens is 1. The molecule has 1 saturated heterocycles. The largest absolute Gasteiger partial charge is 0.453 e. The van der Waals surface area contributed by atoms with E-state index in [1.54, 1.807) is 4.90 Å². The van der Waals surface area contributed by atoms with Crippen molar-refractivity contribution in [2.75, 3.05) is 20.2 Å². The van der Waals surface area contributed by atoms with Gasteiger partial charge < -0.3 is 15.0 Å². The van der Waals surface area contributed by atoms with Crippen molar-refractivity contribution in [3.63, 3.8) is 0 Å². The maximum atomic E-state index is 12.1. The van der Waals surface area contributed by atoms with Crippen LogP contribution in [-0.4, -0.2) is 53.3 Å². The third-order valence-electron chi connectivity index (χ3n) is 2.88. The molecule has 1 atom stereocenters. The molecule has 1 unspecified atom stereocenters. The van der Waals surface area contributed by atoms with Crippen molar-refractivity contribution in [3.05, 3.63) is 28.2 Å². The second-order valence-corrected chi connectivity index (χ2v) is 4.18. The summed E-state index contributed by atoms with van der Waals surface area (Å²) >= 11 is 0. The van der Waals surface area contributed by atoms with E-state index in [0.717, 1.165) is 0 Å². The van der Waals surface area contributed by atoms with Gasteiger partial charge in [0.1, 0.15) is 5.69 Å². The van der Waals surface area contributed by atoms with E-state index in [4.69, 9.17) is 0 Å². The number of likely N-dealkylation sites (tertiary alicyclic amines) is 1. The van der Waals surface area contributed by atoms with Crippen LogP contribution in [0, 0.1) is 0 Å². The highest BCUT2D eigenvalue weighted by atomic mass is 16.5. The quantitative estimate of drug-likeness (QED) is 0.739. The van der Waals surface area contributed by atoms with Crippen molar-refractivity contribution in [3.8, 4) is 0 Å². The first-order valence-electron chi connectivity index (χ1n) is 5.79. The van der Waals surface area contributed by atoms with Crippen molar-refractivity contribution in [2.45, 2.75) is 12.5 Å². The van der Waals surface area contributed by atoms with E-state index >= 15 is 0 Å². The Hall–Kier alpha value is -2.38. The molecule has 2 N–H and O–H groups in total. The molecule has 2 heterocycles. The number of hydrogen-bond acceptors (Lipinski definition) is 5. The number of carbonyl (C=O) groups excluding carboxylic acids is 2. The second kappa shape index (κ2) is 5.51. The molecule has 19 heavy (non-hydrogen) atoms. The maximum Gasteiger partial charge on any atom is 0.407 e. The van der Waals surface area contributed by atoms with E-state index in [-0.39, 0.29) is 23.2 Å². The standard InChI is InChI=1S/C11H14N4O4/c1-19-11(18)12-7-4-5-15(6-7)10(17)8-2-3-9(16)14-13-8/h2-3,7H,4-6H2,1H3,(H,12,18)(H,14,16). The molecule has 0 bridgehead atoms. The first kappa shape index (κ1) is 13.1. The van der Waals surface area contributed by atoms with Crippen molar-refractivity contribution in [2.24, 2.45) is 0 Å². The summed E-state index contributed by atoms with van der Waals surface area (Å²) in [6.45, 7) is 0.920. The van der Waals surface area contributed by atoms with Gasteiger partial charge in [0.25, 0.3) is 11.5 Å². The molecule has 2 amide bonds. The number of carbonyl (C=O) groups is 2. The minimum absolute atomic E-state index is 0.126. The zero-order chi connectivity index (χ0) is 13.8. The van der Waals surface area contributed by atoms with Crippen LogP contribution in [0.3, 0.4) is 0 Å². The molecule has 1 aromatic heterocycles. The molecule has 8 heteroatoms. The fourth-order valence-corrected chi connectivity index (χ4v) is 1.91. The van der Waals surface area contributed by atoms with Crippen LogP contribution in [0.2, 0.25) is 0 Å². The van der Waals surface area contributed by atoms with Crippen LogP contribution in [0.5, 0.6) is 0 Å². The summed E-state index contributed by atoms with van der Waals surface area (Å²) in [5, 5.41) is 8.54. The van der Waals surface area contributed by atoms with E-state index in [0.29, 0.717) is 19.5 Å². The van der Waals surface area contributed by atoms with Gasteiger partial charge in [-0.2, -0.15) is 5.10 Å². The van der Waals surface area contributed by atoms with E-state index in [2.05, 4.69) is 20.3 Å². The van der Waals surface area contributed by atoms with Crippen molar-refractivity contribution >= 4 is 12.0 Å². The molecule has 0 aliphatic carbocycles. The molecular weight excluding hydrogens is 252 g/mol. The Bertz CT molecular complexity index is 521. The molecule has 8 nitrogen and oxygen atoms in total. The van der Waals surface area contributed by atoms with Gasteiger partial charge in [-0.1, -0.05) is 0 Å². The summed E-state index contributed by atoms with van der Waals surface area (Å²) in [6, 6.07) is 2.50. The van der Waals surface area contributed by atoms with Gasteiger partial charge in [0.2, 0.25) is 0 Å². The highest BCUT2D eigenvalue weighted by Gasteiger charge is 2.28. The minimum atomic E-state index is -0.513. The van der Waals surface area contributed by atoms with Crippen molar-refractivity contribution in [1.82, 2.24) is 20.4 Å². The molecule has 1 aliphatic heterocycles. The Balaban J connectivity index is 1.97. The first-order valence-corrected chi connectivity index (χ1v) is 5.79. The average molecular weight is 266 g/mol. The number of nitrogens with one attached hydrogen (secondary N) is 2. The van der Waals surface area contributed by atoms with E-state index < -0.39 is 6.09 Å². The summed E-state index contributed by atoms with van der Waals surface area (Å²) in [4.78, 5) is 35.6. The predicted octanol–water partition coefficient (Wildman–Crippen LogP) is -0.660. The maximum absolute atomic E-state index is 12.1. The van der Waals surface area contributed by atoms with Gasteiger partial charge in [-0.05, 0) is 12.5 Å². The Morgan fingerprint density at radius 1 is 1.53 bits per heavy atom. The van der Waals surface area contributed by atoms with Crippen LogP contribution >= 0.6 is 0 Å². The van der Waals surface area contributed by atoms with Gasteiger partial charge in [0, 0.05) is 19.2 Å². The number of aromatic amines is 1. The molecule has 2 rings (SSSR count). The normalized spacial score (nSPS) is 18.2. The lowest BCUT2D eigenvalue weighted by atomic mass is 10.3. The van der Waals surface area contributed by atoms with Crippen LogP contribution in [0.1, 0.15) is 16.9 Å². The number of rotatable bonds is 2. The summed E-state index contributed by atoms with van der Waals surface area (Å²) in [5.41, 5.74) is -0.179. The van der Waals surface area contributed by atoms with Crippen LogP contribution in [0.4, 0.5) is 4.79 Å². The molecule has 0 radical (unpaired) electrons. The number of hydrogen-bond donors (Lipinski definition) is 2. The summed E-state index contributed by atoms with van der Waals surface area (Å²) in [5.74, 6) is -0.273. The average Bonchev–Trinajstić information content (AvgIpc) is 2.87. The van der Waals surface area contributed by atoms with Crippen molar-refractivity contribution in [1.29, 1.82) is 0 Å². The molecule has 0 saturated carbocycles. The fourth-order valence-electron chi connectivity index (χ4n) is 1.91. The monoisotopic (exact) mass is 266 g/mol. The molecule has 1 aromatic rings. The molecule has 1 fully saturated rings. The highest BCUT2D eigenvalue weighted by Crippen LogP contribution is 2.12. The second-order valence-electron chi connectivity index (χ2n) is 4.18. The van der Waals surface area contributed by atoms with Gasteiger partial charge in [0.05, 0.1) is 13.2 Å². The molecular formula is C11H14N4O4. The van der Waals surface area contributed by atoms with E-state index in [9.17, 15) is 14.4 Å². The third-order valence-corrected chi connectivity index (χ3v) is 2.88. The van der Waals surface area contributed by atoms with Crippen molar-refractivity contribution < 1.29 is 14.3 Å². The minimum Gasteiger partial charge on any atom is -0.453 e. The van der Waals surface area contributed by atoms with Gasteiger partial charge in [-0.15, -0.1) is 0 Å². The number of nitrogens with zero attached hydrogens (tertiary/aromatic N) is 2. The van der Waals surface area contributed by atoms with Crippen LogP contribution < -0.4 is 10.9 Å². The Kier molecular flexibility index (Phi) is 3.79. The van der Waals surface area contributed by atoms with Gasteiger partial charge in [-0.25, -0.2) is 9.89 Å². The number of alkyl carbamates (subject to hydrolysis) is 1. The topological polar surface area (TPSA) is 104 Å². The fraction of sp³-hybridized carbons (Fsp3) is 0.455. The molecule has 102 valence electrons. The Morgan fingerprint density at radius 3 is 2.95 bits per heavy atom. The molecule has 0 spiro atoms. The van der Waals surface area contributed by atoms with Crippen LogP contribution in [0.15, 0.2) is 16.9 Å². The summed E-state index contributed by atoms with van der Waals surface area (Å²) in [6.07, 6.45) is 0.144. The summed E-state index contributed by atoms with van der Waals surface area (Å²) < 4.78 is 4.50. The zero-order valence-electron chi connectivity index (χ0n) is 10.4. The number of amides is 2. The zero-order valence-corrected chi connectivity index (χ0v) is 10.4. The number of methoxy groups -OCH3 is 1. The summed E-state index contributed by atoms with van der Waals surface area (Å²) in [7, 11) is 1.29. The Labute approximate surface area is 108 Å². The van der Waals surface area contributed by atoms with Crippen LogP contribution in [-0.2, 0) is 4.74 Å². The first-order chi connectivity index (χ1) is 9.10. The van der Waals surface area contributed by atoms with Gasteiger partial charge in [0.15, 0.2) is 0 Å². The SMILES string of the molecule is COC(=O)NC1CCN(C(=O)c2ccc(=O)[nH]n2)C1. The number of aromatic nitrogens is 2. The molecule has 0 aromatic carbocycles. The lowest BCUT2D eigenvalue weighted by Gasteiger charge is -2.16. The highest BCUT2D eigenvalue weighted by molar-refractivity contribution is 5.92. The van der Waals surface area contributed by atoms with E-state index in [1.807, 2.05) is 0 Å². The predicted molar refractivity (Wildman–Crippen MR) is 64.7 cm³/mol. The van der Waals surface area contributed by atoms with Gasteiger partial charge in [-0.3, -0.25) is 9.59 Å². The van der Waals surface area contributed by atoms with Gasteiger partial charge >= 0.3 is 6.09 Å². The lowest BCUT2D eigenvalue weighted by Crippen LogP contribution is -2.38.